The summed E-state index contributed by atoms with van der Waals surface area (Å²) in [6, 6.07) is 12.1. The predicted octanol–water partition coefficient (Wildman–Crippen LogP) is 3.36. The van der Waals surface area contributed by atoms with Crippen molar-refractivity contribution in [2.45, 2.75) is 6.04 Å². The van der Waals surface area contributed by atoms with Gasteiger partial charge in [-0.2, -0.15) is 0 Å². The molecule has 0 bridgehead atoms. The average molecular weight is 409 g/mol. The number of carbonyl (C=O) groups excluding carboxylic acids is 1. The maximum Gasteiger partial charge on any atom is 0.176 e. The van der Waals surface area contributed by atoms with Crippen molar-refractivity contribution in [2.24, 2.45) is 0 Å². The molecule has 1 aromatic carbocycles. The third-order valence-corrected chi connectivity index (χ3v) is 5.65. The molecule has 1 aliphatic rings. The van der Waals surface area contributed by atoms with Crippen molar-refractivity contribution in [3.63, 3.8) is 0 Å². The van der Waals surface area contributed by atoms with Crippen LogP contribution >= 0.6 is 27.3 Å². The molecule has 1 fully saturated rings. The summed E-state index contributed by atoms with van der Waals surface area (Å²) in [5.74, 6) is 0.120. The number of rotatable bonds is 7. The Labute approximate surface area is 154 Å². The van der Waals surface area contributed by atoms with E-state index in [1.807, 2.05) is 24.3 Å². The Bertz CT molecular complexity index is 640. The Morgan fingerprint density at radius 1 is 1.25 bits per heavy atom. The second kappa shape index (κ2) is 8.87. The summed E-state index contributed by atoms with van der Waals surface area (Å²) in [6.45, 7) is 4.55. The van der Waals surface area contributed by atoms with Gasteiger partial charge in [-0.1, -0.05) is 34.1 Å². The van der Waals surface area contributed by atoms with E-state index in [-0.39, 0.29) is 5.78 Å². The quantitative estimate of drug-likeness (QED) is 0.713. The molecule has 6 heteroatoms. The zero-order valence-electron chi connectivity index (χ0n) is 13.4. The van der Waals surface area contributed by atoms with Crippen LogP contribution in [0.3, 0.4) is 0 Å². The Morgan fingerprint density at radius 2 is 2.00 bits per heavy atom. The molecule has 2 heterocycles. The van der Waals surface area contributed by atoms with Gasteiger partial charge in [-0.25, -0.2) is 0 Å². The zero-order valence-corrected chi connectivity index (χ0v) is 15.8. The van der Waals surface area contributed by atoms with E-state index in [0.717, 1.165) is 42.9 Å². The van der Waals surface area contributed by atoms with Crippen LogP contribution in [0.25, 0.3) is 0 Å². The summed E-state index contributed by atoms with van der Waals surface area (Å²) in [7, 11) is 0. The number of nitrogens with one attached hydrogen (secondary N) is 1. The van der Waals surface area contributed by atoms with Gasteiger partial charge in [0.1, 0.15) is 0 Å². The number of halogens is 1. The number of nitrogens with zero attached hydrogens (tertiary/aromatic N) is 1. The number of benzene rings is 1. The van der Waals surface area contributed by atoms with Crippen LogP contribution in [-0.4, -0.2) is 50.1 Å². The fourth-order valence-electron chi connectivity index (χ4n) is 2.84. The first-order chi connectivity index (χ1) is 11.7. The first-order valence-electron chi connectivity index (χ1n) is 8.09. The molecule has 0 radical (unpaired) electrons. The van der Waals surface area contributed by atoms with Gasteiger partial charge in [-0.05, 0) is 23.6 Å². The van der Waals surface area contributed by atoms with Crippen LogP contribution in [0, 0.1) is 0 Å². The molecule has 0 aliphatic carbocycles. The van der Waals surface area contributed by atoms with Crippen molar-refractivity contribution in [1.82, 2.24) is 10.2 Å². The van der Waals surface area contributed by atoms with Crippen LogP contribution in [0.15, 0.2) is 46.3 Å². The zero-order chi connectivity index (χ0) is 16.8. The number of hydrogen-bond acceptors (Lipinski definition) is 5. The van der Waals surface area contributed by atoms with E-state index >= 15 is 0 Å². The van der Waals surface area contributed by atoms with E-state index in [1.54, 1.807) is 11.3 Å². The van der Waals surface area contributed by atoms with Crippen molar-refractivity contribution in [2.75, 3.05) is 39.4 Å². The molecule has 128 valence electrons. The van der Waals surface area contributed by atoms with E-state index in [4.69, 9.17) is 4.74 Å². The maximum atomic E-state index is 12.3. The van der Waals surface area contributed by atoms with Crippen molar-refractivity contribution in [3.05, 3.63) is 56.7 Å². The van der Waals surface area contributed by atoms with Crippen molar-refractivity contribution in [3.8, 4) is 0 Å². The maximum absolute atomic E-state index is 12.3. The molecule has 1 N–H and O–H groups in total. The van der Waals surface area contributed by atoms with E-state index in [2.05, 4.69) is 43.7 Å². The summed E-state index contributed by atoms with van der Waals surface area (Å²) < 4.78 is 6.44. The molecule has 3 rings (SSSR count). The van der Waals surface area contributed by atoms with Gasteiger partial charge in [0.2, 0.25) is 0 Å². The SMILES string of the molecule is O=C(CNCC(c1cccs1)N1CCOCC1)c1ccc(Br)cc1. The van der Waals surface area contributed by atoms with Crippen LogP contribution in [0.2, 0.25) is 0 Å². The molecular formula is C18H21BrN2O2S. The molecule has 2 aromatic rings. The standard InChI is InChI=1S/C18H21BrN2O2S/c19-15-5-3-14(4-6-15)17(22)13-20-12-16(18-2-1-11-24-18)21-7-9-23-10-8-21/h1-6,11,16,20H,7-10,12-13H2. The van der Waals surface area contributed by atoms with Crippen LogP contribution in [0.4, 0.5) is 0 Å². The Kier molecular flexibility index (Phi) is 6.57. The molecule has 1 aliphatic heterocycles. The van der Waals surface area contributed by atoms with Crippen molar-refractivity contribution in [1.29, 1.82) is 0 Å². The highest BCUT2D eigenvalue weighted by Gasteiger charge is 2.23. The van der Waals surface area contributed by atoms with E-state index in [0.29, 0.717) is 12.6 Å². The highest BCUT2D eigenvalue weighted by atomic mass is 79.9. The first kappa shape index (κ1) is 17.8. The summed E-state index contributed by atoms with van der Waals surface area (Å²) in [6.07, 6.45) is 0. The molecule has 4 nitrogen and oxygen atoms in total. The third-order valence-electron chi connectivity index (χ3n) is 4.15. The Morgan fingerprint density at radius 3 is 2.67 bits per heavy atom. The fourth-order valence-corrected chi connectivity index (χ4v) is 3.97. The molecule has 0 amide bonds. The monoisotopic (exact) mass is 408 g/mol. The highest BCUT2D eigenvalue weighted by molar-refractivity contribution is 9.10. The van der Waals surface area contributed by atoms with Gasteiger partial charge in [-0.15, -0.1) is 11.3 Å². The lowest BCUT2D eigenvalue weighted by Gasteiger charge is -2.34. The minimum Gasteiger partial charge on any atom is -0.379 e. The van der Waals surface area contributed by atoms with Crippen LogP contribution in [-0.2, 0) is 4.74 Å². The van der Waals surface area contributed by atoms with E-state index in [1.165, 1.54) is 4.88 Å². The number of thiophene rings is 1. The van der Waals surface area contributed by atoms with Gasteiger partial charge in [-0.3, -0.25) is 9.69 Å². The molecule has 1 atom stereocenters. The summed E-state index contributed by atoms with van der Waals surface area (Å²) in [5.41, 5.74) is 0.741. The molecule has 24 heavy (non-hydrogen) atoms. The average Bonchev–Trinajstić information content (AvgIpc) is 3.14. The number of ketones is 1. The fraction of sp³-hybridized carbons (Fsp3) is 0.389. The Hall–Kier alpha value is -1.05. The lowest BCUT2D eigenvalue weighted by Crippen LogP contribution is -2.43. The van der Waals surface area contributed by atoms with Gasteiger partial charge < -0.3 is 10.1 Å². The topological polar surface area (TPSA) is 41.6 Å². The van der Waals surface area contributed by atoms with E-state index in [9.17, 15) is 4.79 Å². The van der Waals surface area contributed by atoms with Crippen LogP contribution in [0.5, 0.6) is 0 Å². The number of hydrogen-bond donors (Lipinski definition) is 1. The van der Waals surface area contributed by atoms with Crippen molar-refractivity contribution >= 4 is 33.0 Å². The summed E-state index contributed by atoms with van der Waals surface area (Å²) >= 11 is 5.16. The predicted molar refractivity (Wildman–Crippen MR) is 101 cm³/mol. The van der Waals surface area contributed by atoms with Crippen LogP contribution in [0.1, 0.15) is 21.3 Å². The largest absolute Gasteiger partial charge is 0.379 e. The lowest BCUT2D eigenvalue weighted by atomic mass is 10.1. The molecule has 1 saturated heterocycles. The molecule has 1 unspecified atom stereocenters. The van der Waals surface area contributed by atoms with Gasteiger partial charge in [0.05, 0.1) is 25.8 Å². The summed E-state index contributed by atoms with van der Waals surface area (Å²) in [5, 5.41) is 5.45. The van der Waals surface area contributed by atoms with Gasteiger partial charge in [0, 0.05) is 34.5 Å². The molecular weight excluding hydrogens is 388 g/mol. The second-order valence-corrected chi connectivity index (χ2v) is 7.64. The number of carbonyl (C=O) groups is 1. The molecule has 0 spiro atoms. The second-order valence-electron chi connectivity index (χ2n) is 5.74. The van der Waals surface area contributed by atoms with Gasteiger partial charge in [0.15, 0.2) is 5.78 Å². The lowest BCUT2D eigenvalue weighted by molar-refractivity contribution is 0.0169. The Balaban J connectivity index is 1.57. The van der Waals surface area contributed by atoms with Gasteiger partial charge in [0.25, 0.3) is 0 Å². The van der Waals surface area contributed by atoms with Crippen LogP contribution < -0.4 is 5.32 Å². The third kappa shape index (κ3) is 4.74. The number of Topliss-reactive ketones (excluding diaryl/α,β-unsaturated/α-hetero) is 1. The molecule has 0 saturated carbocycles. The minimum atomic E-state index is 0.120. The minimum absolute atomic E-state index is 0.120. The smallest absolute Gasteiger partial charge is 0.176 e. The first-order valence-corrected chi connectivity index (χ1v) is 9.76. The number of morpholine rings is 1. The highest BCUT2D eigenvalue weighted by Crippen LogP contribution is 2.25. The normalized spacial score (nSPS) is 16.9. The number of ether oxygens (including phenoxy) is 1. The molecule has 1 aromatic heterocycles. The van der Waals surface area contributed by atoms with Gasteiger partial charge >= 0.3 is 0 Å². The van der Waals surface area contributed by atoms with Crippen molar-refractivity contribution < 1.29 is 9.53 Å². The van der Waals surface area contributed by atoms with E-state index < -0.39 is 0 Å². The summed E-state index contributed by atoms with van der Waals surface area (Å²) in [4.78, 5) is 16.1.